The molecule has 2 heterocycles. The van der Waals surface area contributed by atoms with Gasteiger partial charge in [0.15, 0.2) is 0 Å². The Kier molecular flexibility index (Phi) is 5.99. The number of piperidine rings is 1. The second-order valence-electron chi connectivity index (χ2n) is 6.77. The summed E-state index contributed by atoms with van der Waals surface area (Å²) < 4.78 is 5.34. The Morgan fingerprint density at radius 3 is 2.48 bits per heavy atom. The van der Waals surface area contributed by atoms with Crippen LogP contribution in [0.4, 0.5) is 4.79 Å². The first-order chi connectivity index (χ1) is 11.7. The number of carboxylic acids is 1. The lowest BCUT2D eigenvalue weighted by Crippen LogP contribution is -2.43. The van der Waals surface area contributed by atoms with Crippen LogP contribution >= 0.6 is 11.3 Å². The SMILES string of the molecule is Cc1nc(/C(=N/OC2CCN(C(=O)OC(C)(C)C)CC2)C(=O)O)cs1. The summed E-state index contributed by atoms with van der Waals surface area (Å²) >= 11 is 1.35. The summed E-state index contributed by atoms with van der Waals surface area (Å²) in [6.45, 7) is 8.22. The molecule has 0 radical (unpaired) electrons. The van der Waals surface area contributed by atoms with Crippen molar-refractivity contribution in [3.8, 4) is 0 Å². The van der Waals surface area contributed by atoms with Gasteiger partial charge in [-0.2, -0.15) is 0 Å². The normalized spacial score (nSPS) is 16.6. The van der Waals surface area contributed by atoms with Gasteiger partial charge in [-0.25, -0.2) is 14.6 Å². The molecule has 1 aliphatic heterocycles. The van der Waals surface area contributed by atoms with Gasteiger partial charge in [-0.1, -0.05) is 5.16 Å². The van der Waals surface area contributed by atoms with E-state index in [1.54, 1.807) is 17.2 Å². The third-order valence-electron chi connectivity index (χ3n) is 3.45. The average molecular weight is 369 g/mol. The number of aliphatic carboxylic acids is 1. The van der Waals surface area contributed by atoms with Gasteiger partial charge in [-0.3, -0.25) is 0 Å². The van der Waals surface area contributed by atoms with E-state index in [0.717, 1.165) is 5.01 Å². The van der Waals surface area contributed by atoms with E-state index in [1.807, 2.05) is 20.8 Å². The van der Waals surface area contributed by atoms with Crippen molar-refractivity contribution >= 4 is 29.1 Å². The molecule has 1 aromatic rings. The van der Waals surface area contributed by atoms with Crippen LogP contribution in [0.1, 0.15) is 44.3 Å². The quantitative estimate of drug-likeness (QED) is 0.647. The number of oxime groups is 1. The van der Waals surface area contributed by atoms with Gasteiger partial charge in [0.2, 0.25) is 5.71 Å². The zero-order valence-corrected chi connectivity index (χ0v) is 15.6. The number of aryl methyl sites for hydroxylation is 1. The van der Waals surface area contributed by atoms with Crippen LogP contribution in [0.2, 0.25) is 0 Å². The van der Waals surface area contributed by atoms with Crippen LogP contribution < -0.4 is 0 Å². The molecule has 0 saturated carbocycles. The van der Waals surface area contributed by atoms with Crippen LogP contribution in [-0.4, -0.2) is 57.6 Å². The minimum absolute atomic E-state index is 0.209. The Bertz CT molecular complexity index is 657. The highest BCUT2D eigenvalue weighted by Gasteiger charge is 2.28. The van der Waals surface area contributed by atoms with Crippen molar-refractivity contribution in [1.29, 1.82) is 0 Å². The molecule has 0 spiro atoms. The number of aromatic nitrogens is 1. The van der Waals surface area contributed by atoms with Crippen LogP contribution in [0.3, 0.4) is 0 Å². The van der Waals surface area contributed by atoms with Gasteiger partial charge in [0.25, 0.3) is 0 Å². The van der Waals surface area contributed by atoms with E-state index >= 15 is 0 Å². The molecule has 8 nitrogen and oxygen atoms in total. The average Bonchev–Trinajstić information content (AvgIpc) is 2.92. The Balaban J connectivity index is 1.90. The standard InChI is InChI=1S/C16H23N3O5S/c1-10-17-12(9-25-10)13(14(20)21)18-24-11-5-7-19(8-6-11)15(22)23-16(2,3)4/h9,11H,5-8H2,1-4H3,(H,20,21)/b18-13-. The van der Waals surface area contributed by atoms with Crippen LogP contribution in [0, 0.1) is 6.92 Å². The molecule has 0 unspecified atom stereocenters. The summed E-state index contributed by atoms with van der Waals surface area (Å²) in [6, 6.07) is 0. The topological polar surface area (TPSA) is 101 Å². The molecule has 25 heavy (non-hydrogen) atoms. The first-order valence-electron chi connectivity index (χ1n) is 8.03. The molecular formula is C16H23N3O5S. The molecular weight excluding hydrogens is 346 g/mol. The van der Waals surface area contributed by atoms with E-state index in [9.17, 15) is 14.7 Å². The number of rotatable bonds is 4. The molecule has 2 rings (SSSR count). The summed E-state index contributed by atoms with van der Waals surface area (Å²) in [7, 11) is 0. The molecule has 1 aliphatic rings. The highest BCUT2D eigenvalue weighted by Crippen LogP contribution is 2.18. The lowest BCUT2D eigenvalue weighted by atomic mass is 10.1. The van der Waals surface area contributed by atoms with Crippen molar-refractivity contribution in [2.75, 3.05) is 13.1 Å². The minimum Gasteiger partial charge on any atom is -0.476 e. The number of ether oxygens (including phenoxy) is 1. The molecule has 0 aliphatic carbocycles. The van der Waals surface area contributed by atoms with Crippen molar-refractivity contribution in [3.63, 3.8) is 0 Å². The number of carbonyl (C=O) groups is 2. The van der Waals surface area contributed by atoms with E-state index in [4.69, 9.17) is 9.57 Å². The van der Waals surface area contributed by atoms with Gasteiger partial charge >= 0.3 is 12.1 Å². The van der Waals surface area contributed by atoms with E-state index in [1.165, 1.54) is 11.3 Å². The Labute approximate surface area is 150 Å². The second kappa shape index (κ2) is 7.81. The third kappa shape index (κ3) is 5.70. The Morgan fingerprint density at radius 1 is 1.36 bits per heavy atom. The number of likely N-dealkylation sites (tertiary alicyclic amines) is 1. The number of carbonyl (C=O) groups excluding carboxylic acids is 1. The monoisotopic (exact) mass is 369 g/mol. The first kappa shape index (κ1) is 19.2. The third-order valence-corrected chi connectivity index (χ3v) is 4.22. The predicted molar refractivity (Wildman–Crippen MR) is 92.9 cm³/mol. The summed E-state index contributed by atoms with van der Waals surface area (Å²) in [5.41, 5.74) is -0.448. The fraction of sp³-hybridized carbons (Fsp3) is 0.625. The Morgan fingerprint density at radius 2 is 2.00 bits per heavy atom. The maximum Gasteiger partial charge on any atom is 0.410 e. The van der Waals surface area contributed by atoms with Gasteiger partial charge in [-0.05, 0) is 27.7 Å². The van der Waals surface area contributed by atoms with Gasteiger partial charge in [-0.15, -0.1) is 11.3 Å². The molecule has 9 heteroatoms. The lowest BCUT2D eigenvalue weighted by molar-refractivity contribution is -0.129. The molecule has 1 amide bonds. The van der Waals surface area contributed by atoms with Gasteiger partial charge in [0, 0.05) is 31.3 Å². The summed E-state index contributed by atoms with van der Waals surface area (Å²) in [5.74, 6) is -1.18. The van der Waals surface area contributed by atoms with Gasteiger partial charge < -0.3 is 19.6 Å². The Hall–Kier alpha value is -2.16. The summed E-state index contributed by atoms with van der Waals surface area (Å²) in [5, 5.41) is 15.5. The van der Waals surface area contributed by atoms with Crippen molar-refractivity contribution in [2.24, 2.45) is 5.16 Å². The molecule has 0 bridgehead atoms. The maximum atomic E-state index is 12.0. The number of nitrogens with zero attached hydrogens (tertiary/aromatic N) is 3. The van der Waals surface area contributed by atoms with E-state index < -0.39 is 11.6 Å². The van der Waals surface area contributed by atoms with E-state index in [0.29, 0.717) is 31.6 Å². The number of thiazole rings is 1. The van der Waals surface area contributed by atoms with E-state index in [-0.39, 0.29) is 17.9 Å². The lowest BCUT2D eigenvalue weighted by Gasteiger charge is -2.32. The van der Waals surface area contributed by atoms with Crippen LogP contribution in [0.5, 0.6) is 0 Å². The van der Waals surface area contributed by atoms with Crippen molar-refractivity contribution in [1.82, 2.24) is 9.88 Å². The predicted octanol–water partition coefficient (Wildman–Crippen LogP) is 2.66. The van der Waals surface area contributed by atoms with Crippen LogP contribution in [0.15, 0.2) is 10.5 Å². The largest absolute Gasteiger partial charge is 0.476 e. The molecule has 1 aromatic heterocycles. The number of hydrogen-bond acceptors (Lipinski definition) is 7. The summed E-state index contributed by atoms with van der Waals surface area (Å²) in [6.07, 6.45) is 0.531. The first-order valence-corrected chi connectivity index (χ1v) is 8.91. The molecule has 1 fully saturated rings. The minimum atomic E-state index is -1.18. The van der Waals surface area contributed by atoms with E-state index in [2.05, 4.69) is 10.1 Å². The maximum absolute atomic E-state index is 12.0. The molecule has 1 N–H and O–H groups in total. The van der Waals surface area contributed by atoms with Crippen molar-refractivity contribution in [2.45, 2.75) is 52.2 Å². The summed E-state index contributed by atoms with van der Waals surface area (Å²) in [4.78, 5) is 34.5. The second-order valence-corrected chi connectivity index (χ2v) is 7.83. The van der Waals surface area contributed by atoms with Crippen LogP contribution in [-0.2, 0) is 14.4 Å². The molecule has 0 aromatic carbocycles. The number of hydrogen-bond donors (Lipinski definition) is 1. The number of amides is 1. The zero-order valence-electron chi connectivity index (χ0n) is 14.8. The molecule has 1 saturated heterocycles. The fourth-order valence-electron chi connectivity index (χ4n) is 2.27. The highest BCUT2D eigenvalue weighted by molar-refractivity contribution is 7.09. The van der Waals surface area contributed by atoms with Crippen molar-refractivity contribution in [3.05, 3.63) is 16.1 Å². The molecule has 0 atom stereocenters. The fourth-order valence-corrected chi connectivity index (χ4v) is 2.86. The van der Waals surface area contributed by atoms with Gasteiger partial charge in [0.1, 0.15) is 17.4 Å². The highest BCUT2D eigenvalue weighted by atomic mass is 32.1. The number of carboxylic acid groups (broad SMARTS) is 1. The van der Waals surface area contributed by atoms with Crippen LogP contribution in [0.25, 0.3) is 0 Å². The smallest absolute Gasteiger partial charge is 0.410 e. The van der Waals surface area contributed by atoms with Gasteiger partial charge in [0.05, 0.1) is 5.01 Å². The van der Waals surface area contributed by atoms with Crippen molar-refractivity contribution < 1.29 is 24.3 Å². The molecule has 138 valence electrons. The zero-order chi connectivity index (χ0) is 18.6.